The van der Waals surface area contributed by atoms with Crippen LogP contribution < -0.4 is 5.32 Å². The van der Waals surface area contributed by atoms with Crippen LogP contribution in [0.3, 0.4) is 0 Å². The van der Waals surface area contributed by atoms with Crippen LogP contribution in [0.1, 0.15) is 42.0 Å². The second-order valence-electron chi connectivity index (χ2n) is 4.30. The number of nitrogens with zero attached hydrogens (tertiary/aromatic N) is 1. The Morgan fingerprint density at radius 3 is 3.20 bits per heavy atom. The van der Waals surface area contributed by atoms with Gasteiger partial charge in [-0.15, -0.1) is 0 Å². The molecule has 2 aliphatic heterocycles. The van der Waals surface area contributed by atoms with Crippen molar-refractivity contribution in [3.8, 4) is 0 Å². The average molecular weight is 224 g/mol. The lowest BCUT2D eigenvalue weighted by Crippen LogP contribution is -2.08. The normalized spacial score (nSPS) is 31.2. The molecule has 0 radical (unpaired) electrons. The number of nitrogens with one attached hydrogen (secondary N) is 1. The monoisotopic (exact) mass is 224 g/mol. The molecule has 82 valence electrons. The van der Waals surface area contributed by atoms with Gasteiger partial charge in [-0.1, -0.05) is 0 Å². The summed E-state index contributed by atoms with van der Waals surface area (Å²) in [6.45, 7) is 2.12. The van der Waals surface area contributed by atoms with Crippen LogP contribution in [0.2, 0.25) is 0 Å². The molecule has 0 amide bonds. The Labute approximate surface area is 94.0 Å². The van der Waals surface area contributed by atoms with Gasteiger partial charge in [-0.25, -0.2) is 4.98 Å². The van der Waals surface area contributed by atoms with Gasteiger partial charge < -0.3 is 9.73 Å². The Kier molecular flexibility index (Phi) is 2.71. The van der Waals surface area contributed by atoms with E-state index in [-0.39, 0.29) is 0 Å². The molecule has 1 N–H and O–H groups in total. The SMILES string of the molecule is c1oc(C2CCNC2)nc1C1CCCS1. The summed E-state index contributed by atoms with van der Waals surface area (Å²) in [7, 11) is 0. The van der Waals surface area contributed by atoms with Crippen molar-refractivity contribution in [3.05, 3.63) is 17.8 Å². The fourth-order valence-electron chi connectivity index (χ4n) is 2.31. The first-order chi connectivity index (χ1) is 7.43. The largest absolute Gasteiger partial charge is 0.448 e. The number of oxazole rings is 1. The highest BCUT2D eigenvalue weighted by Gasteiger charge is 2.25. The maximum atomic E-state index is 5.60. The van der Waals surface area contributed by atoms with E-state index >= 15 is 0 Å². The zero-order valence-electron chi connectivity index (χ0n) is 8.74. The Morgan fingerprint density at radius 2 is 2.47 bits per heavy atom. The van der Waals surface area contributed by atoms with Crippen LogP contribution in [-0.2, 0) is 0 Å². The summed E-state index contributed by atoms with van der Waals surface area (Å²) in [5.41, 5.74) is 1.17. The number of rotatable bonds is 2. The van der Waals surface area contributed by atoms with E-state index < -0.39 is 0 Å². The zero-order chi connectivity index (χ0) is 10.1. The van der Waals surface area contributed by atoms with Crippen LogP contribution >= 0.6 is 11.8 Å². The third-order valence-electron chi connectivity index (χ3n) is 3.21. The molecular weight excluding hydrogens is 208 g/mol. The van der Waals surface area contributed by atoms with E-state index in [1.807, 2.05) is 18.0 Å². The van der Waals surface area contributed by atoms with Crippen molar-refractivity contribution in [2.45, 2.75) is 30.4 Å². The van der Waals surface area contributed by atoms with Crippen molar-refractivity contribution in [2.24, 2.45) is 0 Å². The van der Waals surface area contributed by atoms with Gasteiger partial charge in [0.1, 0.15) is 6.26 Å². The number of aromatic nitrogens is 1. The van der Waals surface area contributed by atoms with E-state index in [2.05, 4.69) is 10.3 Å². The third kappa shape index (κ3) is 1.93. The minimum atomic E-state index is 0.505. The Bertz CT molecular complexity index is 297. The molecule has 15 heavy (non-hydrogen) atoms. The highest BCUT2D eigenvalue weighted by atomic mass is 32.2. The lowest BCUT2D eigenvalue weighted by atomic mass is 10.1. The molecule has 0 saturated carbocycles. The zero-order valence-corrected chi connectivity index (χ0v) is 9.55. The van der Waals surface area contributed by atoms with Gasteiger partial charge in [0, 0.05) is 12.5 Å². The van der Waals surface area contributed by atoms with Gasteiger partial charge in [0.2, 0.25) is 0 Å². The van der Waals surface area contributed by atoms with Crippen LogP contribution in [0.5, 0.6) is 0 Å². The van der Waals surface area contributed by atoms with Crippen LogP contribution in [0.25, 0.3) is 0 Å². The lowest BCUT2D eigenvalue weighted by Gasteiger charge is -2.03. The summed E-state index contributed by atoms with van der Waals surface area (Å²) in [5, 5.41) is 3.94. The van der Waals surface area contributed by atoms with Gasteiger partial charge in [-0.05, 0) is 31.6 Å². The minimum Gasteiger partial charge on any atom is -0.448 e. The molecule has 2 unspecified atom stereocenters. The predicted molar refractivity (Wildman–Crippen MR) is 61.2 cm³/mol. The summed E-state index contributed by atoms with van der Waals surface area (Å²) in [6.07, 6.45) is 5.62. The molecule has 3 nitrogen and oxygen atoms in total. The second kappa shape index (κ2) is 4.18. The van der Waals surface area contributed by atoms with E-state index in [0.717, 1.165) is 25.4 Å². The Hall–Kier alpha value is -0.480. The highest BCUT2D eigenvalue weighted by molar-refractivity contribution is 7.99. The molecule has 0 bridgehead atoms. The molecule has 2 saturated heterocycles. The molecule has 0 aromatic carbocycles. The van der Waals surface area contributed by atoms with Gasteiger partial charge in [-0.3, -0.25) is 0 Å². The van der Waals surface area contributed by atoms with Crippen molar-refractivity contribution in [1.29, 1.82) is 0 Å². The predicted octanol–water partition coefficient (Wildman–Crippen LogP) is 2.32. The minimum absolute atomic E-state index is 0.505. The van der Waals surface area contributed by atoms with Crippen molar-refractivity contribution < 1.29 is 4.42 Å². The van der Waals surface area contributed by atoms with E-state index in [0.29, 0.717) is 11.2 Å². The van der Waals surface area contributed by atoms with E-state index in [1.54, 1.807) is 0 Å². The molecule has 1 aromatic heterocycles. The second-order valence-corrected chi connectivity index (χ2v) is 5.61. The van der Waals surface area contributed by atoms with Crippen LogP contribution in [0.15, 0.2) is 10.7 Å². The quantitative estimate of drug-likeness (QED) is 0.836. The molecule has 4 heteroatoms. The molecule has 0 spiro atoms. The number of hydrogen-bond acceptors (Lipinski definition) is 4. The maximum absolute atomic E-state index is 5.60. The topological polar surface area (TPSA) is 38.1 Å². The molecule has 2 fully saturated rings. The van der Waals surface area contributed by atoms with Crippen molar-refractivity contribution >= 4 is 11.8 Å². The van der Waals surface area contributed by atoms with Gasteiger partial charge in [0.25, 0.3) is 0 Å². The van der Waals surface area contributed by atoms with Crippen molar-refractivity contribution in [2.75, 3.05) is 18.8 Å². The lowest BCUT2D eigenvalue weighted by molar-refractivity contribution is 0.457. The van der Waals surface area contributed by atoms with Crippen LogP contribution in [0.4, 0.5) is 0 Å². The summed E-state index contributed by atoms with van der Waals surface area (Å²) in [6, 6.07) is 0. The summed E-state index contributed by atoms with van der Waals surface area (Å²) < 4.78 is 5.60. The number of hydrogen-bond donors (Lipinski definition) is 1. The van der Waals surface area contributed by atoms with Crippen molar-refractivity contribution in [3.63, 3.8) is 0 Å². The Balaban J connectivity index is 1.74. The average Bonchev–Trinajstić information content (AvgIpc) is 3.02. The molecule has 3 rings (SSSR count). The first kappa shape index (κ1) is 9.73. The molecular formula is C11H16N2OS. The standard InChI is InChI=1S/C11H16N2OS/c1-2-10(15-5-1)9-7-14-11(13-9)8-3-4-12-6-8/h7-8,10,12H,1-6H2. The summed E-state index contributed by atoms with van der Waals surface area (Å²) in [5.74, 6) is 2.73. The highest BCUT2D eigenvalue weighted by Crippen LogP contribution is 2.39. The van der Waals surface area contributed by atoms with Gasteiger partial charge in [-0.2, -0.15) is 11.8 Å². The summed E-state index contributed by atoms with van der Waals surface area (Å²) in [4.78, 5) is 4.65. The van der Waals surface area contributed by atoms with Crippen LogP contribution in [-0.4, -0.2) is 23.8 Å². The fraction of sp³-hybridized carbons (Fsp3) is 0.727. The van der Waals surface area contributed by atoms with Crippen LogP contribution in [0, 0.1) is 0 Å². The number of thioether (sulfide) groups is 1. The first-order valence-corrected chi connectivity index (χ1v) is 6.76. The fourth-order valence-corrected chi connectivity index (χ4v) is 3.54. The Morgan fingerprint density at radius 1 is 1.47 bits per heavy atom. The first-order valence-electron chi connectivity index (χ1n) is 5.71. The smallest absolute Gasteiger partial charge is 0.198 e. The molecule has 2 aliphatic rings. The summed E-state index contributed by atoms with van der Waals surface area (Å²) >= 11 is 2.01. The van der Waals surface area contributed by atoms with E-state index in [9.17, 15) is 0 Å². The van der Waals surface area contributed by atoms with Crippen molar-refractivity contribution in [1.82, 2.24) is 10.3 Å². The van der Waals surface area contributed by atoms with Gasteiger partial charge >= 0.3 is 0 Å². The third-order valence-corrected chi connectivity index (χ3v) is 4.61. The van der Waals surface area contributed by atoms with Gasteiger partial charge in [0.05, 0.1) is 10.9 Å². The molecule has 1 aromatic rings. The van der Waals surface area contributed by atoms with E-state index in [1.165, 1.54) is 24.3 Å². The van der Waals surface area contributed by atoms with Gasteiger partial charge in [0.15, 0.2) is 5.89 Å². The molecule has 3 heterocycles. The maximum Gasteiger partial charge on any atom is 0.198 e. The molecule has 0 aliphatic carbocycles. The van der Waals surface area contributed by atoms with E-state index in [4.69, 9.17) is 4.42 Å². The molecule has 2 atom stereocenters.